The van der Waals surface area contributed by atoms with Gasteiger partial charge in [-0.2, -0.15) is 0 Å². The van der Waals surface area contributed by atoms with Crippen molar-refractivity contribution in [3.8, 4) is 0 Å². The molecule has 4 heteroatoms. The number of amides is 1. The van der Waals surface area contributed by atoms with E-state index in [-0.39, 0.29) is 11.8 Å². The van der Waals surface area contributed by atoms with E-state index in [2.05, 4.69) is 5.32 Å². The van der Waals surface area contributed by atoms with Crippen molar-refractivity contribution in [1.82, 2.24) is 5.32 Å². The fourth-order valence-corrected chi connectivity index (χ4v) is 2.38. The van der Waals surface area contributed by atoms with Crippen molar-refractivity contribution in [1.29, 1.82) is 0 Å². The SMILES string of the molecule is COC(=O)[C@@H](NC(=O)c1c(C)cc(C)cc1C)C(C)C. The Hall–Kier alpha value is -1.84. The van der Waals surface area contributed by atoms with Crippen molar-refractivity contribution in [2.24, 2.45) is 5.92 Å². The van der Waals surface area contributed by atoms with E-state index in [0.29, 0.717) is 5.56 Å². The van der Waals surface area contributed by atoms with Gasteiger partial charge in [0, 0.05) is 5.56 Å². The van der Waals surface area contributed by atoms with Crippen molar-refractivity contribution in [2.45, 2.75) is 40.7 Å². The number of rotatable bonds is 4. The molecule has 0 spiro atoms. The lowest BCUT2D eigenvalue weighted by Crippen LogP contribution is -2.45. The van der Waals surface area contributed by atoms with Crippen molar-refractivity contribution in [3.63, 3.8) is 0 Å². The summed E-state index contributed by atoms with van der Waals surface area (Å²) in [6.45, 7) is 9.54. The van der Waals surface area contributed by atoms with E-state index in [9.17, 15) is 9.59 Å². The number of hydrogen-bond acceptors (Lipinski definition) is 3. The first-order valence-corrected chi connectivity index (χ1v) is 6.74. The van der Waals surface area contributed by atoms with Gasteiger partial charge in [0.2, 0.25) is 0 Å². The highest BCUT2D eigenvalue weighted by Gasteiger charge is 2.26. The third-order valence-corrected chi connectivity index (χ3v) is 3.31. The summed E-state index contributed by atoms with van der Waals surface area (Å²) in [5.74, 6) is -0.683. The van der Waals surface area contributed by atoms with Crippen molar-refractivity contribution >= 4 is 11.9 Å². The van der Waals surface area contributed by atoms with Crippen molar-refractivity contribution < 1.29 is 14.3 Å². The van der Waals surface area contributed by atoms with E-state index in [1.54, 1.807) is 0 Å². The molecule has 0 unspecified atom stereocenters. The van der Waals surface area contributed by atoms with Gasteiger partial charge in [0.15, 0.2) is 0 Å². The quantitative estimate of drug-likeness (QED) is 0.860. The molecule has 0 radical (unpaired) electrons. The summed E-state index contributed by atoms with van der Waals surface area (Å²) in [5.41, 5.74) is 3.56. The molecular formula is C16H23NO3. The summed E-state index contributed by atoms with van der Waals surface area (Å²) >= 11 is 0. The van der Waals surface area contributed by atoms with Crippen molar-refractivity contribution in [3.05, 3.63) is 34.4 Å². The number of carbonyl (C=O) groups excluding carboxylic acids is 2. The van der Waals surface area contributed by atoms with Gasteiger partial charge in [0.1, 0.15) is 6.04 Å². The van der Waals surface area contributed by atoms with Gasteiger partial charge in [-0.1, -0.05) is 31.5 Å². The van der Waals surface area contributed by atoms with Gasteiger partial charge in [-0.3, -0.25) is 4.79 Å². The van der Waals surface area contributed by atoms with E-state index in [1.165, 1.54) is 7.11 Å². The van der Waals surface area contributed by atoms with Gasteiger partial charge in [0.25, 0.3) is 5.91 Å². The minimum absolute atomic E-state index is 0.0301. The Kier molecular flexibility index (Phi) is 5.31. The Morgan fingerprint density at radius 3 is 2.00 bits per heavy atom. The minimum atomic E-state index is -0.632. The Morgan fingerprint density at radius 2 is 1.60 bits per heavy atom. The van der Waals surface area contributed by atoms with E-state index >= 15 is 0 Å². The Bertz CT molecular complexity index is 497. The third-order valence-electron chi connectivity index (χ3n) is 3.31. The predicted octanol–water partition coefficient (Wildman–Crippen LogP) is 2.54. The van der Waals surface area contributed by atoms with Crippen LogP contribution in [0.4, 0.5) is 0 Å². The maximum atomic E-state index is 12.4. The molecule has 0 fully saturated rings. The maximum absolute atomic E-state index is 12.4. The van der Waals surface area contributed by atoms with Crippen LogP contribution in [0.3, 0.4) is 0 Å². The molecule has 0 aliphatic heterocycles. The molecule has 20 heavy (non-hydrogen) atoms. The fraction of sp³-hybridized carbons (Fsp3) is 0.500. The number of methoxy groups -OCH3 is 1. The number of ether oxygens (including phenoxy) is 1. The molecule has 0 bridgehead atoms. The van der Waals surface area contributed by atoms with Gasteiger partial charge in [-0.15, -0.1) is 0 Å². The maximum Gasteiger partial charge on any atom is 0.328 e. The van der Waals surface area contributed by atoms with Gasteiger partial charge in [-0.05, 0) is 37.8 Å². The number of esters is 1. The first-order valence-electron chi connectivity index (χ1n) is 6.74. The molecule has 0 saturated heterocycles. The number of carbonyl (C=O) groups is 2. The van der Waals surface area contributed by atoms with Crippen LogP contribution in [-0.2, 0) is 9.53 Å². The lowest BCUT2D eigenvalue weighted by Gasteiger charge is -2.21. The molecule has 1 amide bonds. The molecule has 0 aliphatic carbocycles. The summed E-state index contributed by atoms with van der Waals surface area (Å²) in [6, 6.07) is 3.29. The summed E-state index contributed by atoms with van der Waals surface area (Å²) in [6.07, 6.45) is 0. The second kappa shape index (κ2) is 6.55. The number of benzene rings is 1. The predicted molar refractivity (Wildman–Crippen MR) is 78.8 cm³/mol. The highest BCUT2D eigenvalue weighted by molar-refractivity contribution is 5.99. The third kappa shape index (κ3) is 3.59. The first-order chi connectivity index (χ1) is 9.27. The van der Waals surface area contributed by atoms with E-state index in [0.717, 1.165) is 16.7 Å². The van der Waals surface area contributed by atoms with Crippen LogP contribution in [0.15, 0.2) is 12.1 Å². The first kappa shape index (κ1) is 16.2. The number of aryl methyl sites for hydroxylation is 3. The number of hydrogen-bond donors (Lipinski definition) is 1. The van der Waals surface area contributed by atoms with Crippen LogP contribution in [0, 0.1) is 26.7 Å². The standard InChI is InChI=1S/C16H23NO3/c1-9(2)14(16(19)20-6)17-15(18)13-11(4)7-10(3)8-12(13)5/h7-9,14H,1-6H3,(H,17,18)/t14-/m0/s1. The topological polar surface area (TPSA) is 55.4 Å². The van der Waals surface area contributed by atoms with E-state index in [4.69, 9.17) is 4.74 Å². The summed E-state index contributed by atoms with van der Waals surface area (Å²) < 4.78 is 4.74. The van der Waals surface area contributed by atoms with Crippen LogP contribution < -0.4 is 5.32 Å². The molecule has 0 aromatic heterocycles. The minimum Gasteiger partial charge on any atom is -0.467 e. The van der Waals surface area contributed by atoms with Crippen LogP contribution in [0.5, 0.6) is 0 Å². The van der Waals surface area contributed by atoms with Crippen LogP contribution in [0.2, 0.25) is 0 Å². The monoisotopic (exact) mass is 277 g/mol. The molecular weight excluding hydrogens is 254 g/mol. The lowest BCUT2D eigenvalue weighted by molar-refractivity contribution is -0.144. The molecule has 1 atom stereocenters. The highest BCUT2D eigenvalue weighted by Crippen LogP contribution is 2.17. The van der Waals surface area contributed by atoms with Gasteiger partial charge >= 0.3 is 5.97 Å². The average Bonchev–Trinajstić information content (AvgIpc) is 2.33. The summed E-state index contributed by atoms with van der Waals surface area (Å²) in [4.78, 5) is 24.1. The molecule has 0 heterocycles. The Labute approximate surface area is 120 Å². The molecule has 1 N–H and O–H groups in total. The van der Waals surface area contributed by atoms with Crippen LogP contribution in [0.1, 0.15) is 40.9 Å². The van der Waals surface area contributed by atoms with E-state index < -0.39 is 12.0 Å². The smallest absolute Gasteiger partial charge is 0.328 e. The molecule has 110 valence electrons. The zero-order valence-electron chi connectivity index (χ0n) is 13.0. The Morgan fingerprint density at radius 1 is 1.10 bits per heavy atom. The second-order valence-corrected chi connectivity index (χ2v) is 5.49. The largest absolute Gasteiger partial charge is 0.467 e. The van der Waals surface area contributed by atoms with Crippen LogP contribution in [0.25, 0.3) is 0 Å². The summed E-state index contributed by atoms with van der Waals surface area (Å²) in [5, 5.41) is 2.77. The lowest BCUT2D eigenvalue weighted by atomic mass is 9.98. The second-order valence-electron chi connectivity index (χ2n) is 5.49. The molecule has 0 aliphatic rings. The van der Waals surface area contributed by atoms with Gasteiger partial charge in [-0.25, -0.2) is 4.79 Å². The highest BCUT2D eigenvalue weighted by atomic mass is 16.5. The van der Waals surface area contributed by atoms with E-state index in [1.807, 2.05) is 46.8 Å². The summed E-state index contributed by atoms with van der Waals surface area (Å²) in [7, 11) is 1.33. The van der Waals surface area contributed by atoms with Crippen LogP contribution in [-0.4, -0.2) is 25.0 Å². The zero-order chi connectivity index (χ0) is 15.4. The average molecular weight is 277 g/mol. The van der Waals surface area contributed by atoms with Gasteiger partial charge in [0.05, 0.1) is 7.11 Å². The van der Waals surface area contributed by atoms with Crippen molar-refractivity contribution in [2.75, 3.05) is 7.11 Å². The zero-order valence-corrected chi connectivity index (χ0v) is 13.0. The molecule has 0 saturated carbocycles. The fourth-order valence-electron chi connectivity index (χ4n) is 2.38. The van der Waals surface area contributed by atoms with Crippen LogP contribution >= 0.6 is 0 Å². The normalized spacial score (nSPS) is 12.2. The Balaban J connectivity index is 3.04. The molecule has 1 rings (SSSR count). The van der Waals surface area contributed by atoms with Gasteiger partial charge < -0.3 is 10.1 Å². The molecule has 4 nitrogen and oxygen atoms in total. The molecule has 1 aromatic rings. The molecule has 1 aromatic carbocycles. The number of nitrogens with one attached hydrogen (secondary N) is 1.